The largest absolute Gasteiger partial charge is 0.507 e. The fourth-order valence-electron chi connectivity index (χ4n) is 2.04. The molecular weight excluding hydrogens is 322 g/mol. The summed E-state index contributed by atoms with van der Waals surface area (Å²) in [7, 11) is 1.25. The minimum Gasteiger partial charge on any atom is -0.507 e. The average Bonchev–Trinajstić information content (AvgIpc) is 2.65. The van der Waals surface area contributed by atoms with Crippen LogP contribution in [0.15, 0.2) is 54.6 Å². The molecule has 0 spiro atoms. The van der Waals surface area contributed by atoms with E-state index in [0.29, 0.717) is 5.56 Å². The molecule has 1 amide bonds. The molecule has 2 rings (SSSR count). The van der Waals surface area contributed by atoms with Crippen LogP contribution in [0.4, 0.5) is 4.79 Å². The van der Waals surface area contributed by atoms with Crippen LogP contribution in [0.1, 0.15) is 21.5 Å². The van der Waals surface area contributed by atoms with E-state index in [2.05, 4.69) is 10.1 Å². The van der Waals surface area contributed by atoms with Crippen molar-refractivity contribution in [3.63, 3.8) is 0 Å². The second kappa shape index (κ2) is 9.12. The predicted octanol–water partition coefficient (Wildman–Crippen LogP) is 3.12. The Morgan fingerprint density at radius 3 is 2.64 bits per heavy atom. The van der Waals surface area contributed by atoms with Gasteiger partial charge in [-0.05, 0) is 23.3 Å². The lowest BCUT2D eigenvalue weighted by Gasteiger charge is -2.05. The van der Waals surface area contributed by atoms with E-state index in [-0.39, 0.29) is 24.5 Å². The first-order valence-electron chi connectivity index (χ1n) is 7.62. The molecule has 0 atom stereocenters. The van der Waals surface area contributed by atoms with E-state index in [0.717, 1.165) is 5.56 Å². The van der Waals surface area contributed by atoms with Gasteiger partial charge in [-0.2, -0.15) is 0 Å². The summed E-state index contributed by atoms with van der Waals surface area (Å²) in [4.78, 5) is 23.1. The Kier molecular flexibility index (Phi) is 6.59. The molecule has 2 N–H and O–H groups in total. The van der Waals surface area contributed by atoms with E-state index in [4.69, 9.17) is 4.74 Å². The lowest BCUT2D eigenvalue weighted by molar-refractivity contribution is 0.0597. The number of rotatable bonds is 6. The number of hydrogen-bond donors (Lipinski definition) is 2. The third-order valence-electron chi connectivity index (χ3n) is 3.31. The number of carbonyl (C=O) groups excluding carboxylic acids is 2. The van der Waals surface area contributed by atoms with Crippen molar-refractivity contribution in [1.82, 2.24) is 5.32 Å². The third kappa shape index (κ3) is 5.69. The maximum absolute atomic E-state index is 11.6. The van der Waals surface area contributed by atoms with Crippen molar-refractivity contribution >= 4 is 18.1 Å². The predicted molar refractivity (Wildman–Crippen MR) is 93.1 cm³/mol. The number of nitrogens with one attached hydrogen (secondary N) is 1. The fourth-order valence-corrected chi connectivity index (χ4v) is 2.04. The molecule has 0 radical (unpaired) electrons. The number of methoxy groups -OCH3 is 1. The summed E-state index contributed by atoms with van der Waals surface area (Å²) in [6.45, 7) is 0.471. The van der Waals surface area contributed by atoms with Crippen LogP contribution in [-0.4, -0.2) is 30.8 Å². The minimum absolute atomic E-state index is 0.0832. The number of amides is 1. The Labute approximate surface area is 145 Å². The molecule has 0 aliphatic carbocycles. The van der Waals surface area contributed by atoms with Gasteiger partial charge in [-0.3, -0.25) is 0 Å². The molecule has 2 aromatic carbocycles. The summed E-state index contributed by atoms with van der Waals surface area (Å²) < 4.78 is 9.68. The number of ether oxygens (including phenoxy) is 2. The highest BCUT2D eigenvalue weighted by Crippen LogP contribution is 2.20. The molecule has 130 valence electrons. The molecule has 0 bridgehead atoms. The van der Waals surface area contributed by atoms with E-state index in [1.807, 2.05) is 30.3 Å². The molecule has 2 aromatic rings. The molecule has 0 aliphatic rings. The van der Waals surface area contributed by atoms with Gasteiger partial charge >= 0.3 is 12.1 Å². The van der Waals surface area contributed by atoms with Crippen molar-refractivity contribution in [2.24, 2.45) is 0 Å². The molecule has 6 heteroatoms. The van der Waals surface area contributed by atoms with Crippen LogP contribution in [0.5, 0.6) is 5.75 Å². The highest BCUT2D eigenvalue weighted by atomic mass is 16.5. The first kappa shape index (κ1) is 18.1. The Hall–Kier alpha value is -3.28. The maximum atomic E-state index is 11.6. The van der Waals surface area contributed by atoms with Gasteiger partial charge in [-0.15, -0.1) is 0 Å². The summed E-state index contributed by atoms with van der Waals surface area (Å²) in [5.41, 5.74) is 1.69. The monoisotopic (exact) mass is 341 g/mol. The Balaban J connectivity index is 1.81. The molecule has 25 heavy (non-hydrogen) atoms. The first-order chi connectivity index (χ1) is 12.1. The lowest BCUT2D eigenvalue weighted by atomic mass is 10.1. The molecule has 0 fully saturated rings. The Bertz CT molecular complexity index is 756. The van der Waals surface area contributed by atoms with E-state index in [9.17, 15) is 14.7 Å². The number of hydrogen-bond acceptors (Lipinski definition) is 5. The molecule has 0 aromatic heterocycles. The summed E-state index contributed by atoms with van der Waals surface area (Å²) in [6, 6.07) is 13.9. The van der Waals surface area contributed by atoms with E-state index in [1.54, 1.807) is 18.2 Å². The van der Waals surface area contributed by atoms with Gasteiger partial charge in [-0.25, -0.2) is 9.59 Å². The number of phenolic OH excluding ortho intramolecular Hbond substituents is 1. The zero-order valence-corrected chi connectivity index (χ0v) is 13.8. The standard InChI is InChI=1S/C19H19NO5/c1-24-18(22)16-12-14(9-10-17(16)21)8-5-11-20-19(23)25-13-15-6-3-2-4-7-15/h2-10,12,21H,11,13H2,1H3,(H,20,23). The number of carbonyl (C=O) groups is 2. The van der Waals surface area contributed by atoms with Gasteiger partial charge in [0.2, 0.25) is 0 Å². The highest BCUT2D eigenvalue weighted by molar-refractivity contribution is 5.93. The van der Waals surface area contributed by atoms with Crippen LogP contribution < -0.4 is 5.32 Å². The van der Waals surface area contributed by atoms with Crippen LogP contribution in [0.25, 0.3) is 6.08 Å². The first-order valence-corrected chi connectivity index (χ1v) is 7.62. The van der Waals surface area contributed by atoms with Crippen molar-refractivity contribution in [2.45, 2.75) is 6.61 Å². The Morgan fingerprint density at radius 2 is 1.92 bits per heavy atom. The molecule has 0 saturated heterocycles. The van der Waals surface area contributed by atoms with Crippen molar-refractivity contribution in [1.29, 1.82) is 0 Å². The van der Waals surface area contributed by atoms with Crippen molar-refractivity contribution in [3.8, 4) is 5.75 Å². The normalized spacial score (nSPS) is 10.4. The highest BCUT2D eigenvalue weighted by Gasteiger charge is 2.11. The molecule has 0 saturated carbocycles. The van der Waals surface area contributed by atoms with E-state index < -0.39 is 12.1 Å². The minimum atomic E-state index is -0.615. The van der Waals surface area contributed by atoms with Gasteiger partial charge in [0.25, 0.3) is 0 Å². The molecule has 0 unspecified atom stereocenters. The van der Waals surface area contributed by atoms with Crippen molar-refractivity contribution < 1.29 is 24.2 Å². The van der Waals surface area contributed by atoms with Crippen molar-refractivity contribution in [2.75, 3.05) is 13.7 Å². The average molecular weight is 341 g/mol. The second-order valence-electron chi connectivity index (χ2n) is 5.11. The van der Waals surface area contributed by atoms with Crippen LogP contribution in [0.3, 0.4) is 0 Å². The van der Waals surface area contributed by atoms with Crippen LogP contribution in [0, 0.1) is 0 Å². The topological polar surface area (TPSA) is 84.9 Å². The lowest BCUT2D eigenvalue weighted by Crippen LogP contribution is -2.24. The molecule has 0 aliphatic heterocycles. The van der Waals surface area contributed by atoms with Gasteiger partial charge < -0.3 is 19.9 Å². The number of benzene rings is 2. The quantitative estimate of drug-likeness (QED) is 0.789. The number of esters is 1. The van der Waals surface area contributed by atoms with Crippen LogP contribution in [0.2, 0.25) is 0 Å². The fraction of sp³-hybridized carbons (Fsp3) is 0.158. The van der Waals surface area contributed by atoms with Crippen molar-refractivity contribution in [3.05, 3.63) is 71.3 Å². The zero-order valence-electron chi connectivity index (χ0n) is 13.8. The summed E-state index contributed by atoms with van der Waals surface area (Å²) in [6.07, 6.45) is 2.90. The van der Waals surface area contributed by atoms with E-state index >= 15 is 0 Å². The maximum Gasteiger partial charge on any atom is 0.407 e. The smallest absolute Gasteiger partial charge is 0.407 e. The van der Waals surface area contributed by atoms with Crippen LogP contribution in [-0.2, 0) is 16.1 Å². The van der Waals surface area contributed by atoms with Gasteiger partial charge in [0, 0.05) is 6.54 Å². The third-order valence-corrected chi connectivity index (χ3v) is 3.31. The van der Waals surface area contributed by atoms with Gasteiger partial charge in [0.15, 0.2) is 0 Å². The summed E-state index contributed by atoms with van der Waals surface area (Å²) in [5.74, 6) is -0.762. The number of alkyl carbamates (subject to hydrolysis) is 1. The Morgan fingerprint density at radius 1 is 1.16 bits per heavy atom. The summed E-state index contributed by atoms with van der Waals surface area (Å²) >= 11 is 0. The summed E-state index contributed by atoms with van der Waals surface area (Å²) in [5, 5.41) is 12.2. The number of aromatic hydroxyl groups is 1. The molecule has 0 heterocycles. The zero-order chi connectivity index (χ0) is 18.1. The molecule has 6 nitrogen and oxygen atoms in total. The second-order valence-corrected chi connectivity index (χ2v) is 5.11. The van der Waals surface area contributed by atoms with Gasteiger partial charge in [-0.1, -0.05) is 48.6 Å². The van der Waals surface area contributed by atoms with Crippen LogP contribution >= 0.6 is 0 Å². The van der Waals surface area contributed by atoms with Gasteiger partial charge in [0.1, 0.15) is 17.9 Å². The van der Waals surface area contributed by atoms with E-state index in [1.165, 1.54) is 19.2 Å². The van der Waals surface area contributed by atoms with Gasteiger partial charge in [0.05, 0.1) is 7.11 Å². The SMILES string of the molecule is COC(=O)c1cc(C=CCNC(=O)OCc2ccccc2)ccc1O. The molecular formula is C19H19NO5. The number of phenols is 1.